The molecule has 26 heavy (non-hydrogen) atoms. The molecule has 0 atom stereocenters. The van der Waals surface area contributed by atoms with Crippen LogP contribution in [0.5, 0.6) is 0 Å². The Morgan fingerprint density at radius 2 is 1.92 bits per heavy atom. The highest BCUT2D eigenvalue weighted by molar-refractivity contribution is 7.89. The fraction of sp³-hybridized carbons (Fsp3) is 0.263. The van der Waals surface area contributed by atoms with Crippen LogP contribution in [0.4, 0.5) is 0 Å². The van der Waals surface area contributed by atoms with E-state index in [2.05, 4.69) is 14.9 Å². The predicted octanol–water partition coefficient (Wildman–Crippen LogP) is 3.39. The Balaban J connectivity index is 1.87. The van der Waals surface area contributed by atoms with E-state index in [9.17, 15) is 8.42 Å². The molecule has 0 saturated heterocycles. The fourth-order valence-corrected chi connectivity index (χ4v) is 3.91. The number of hydrogen-bond acceptors (Lipinski definition) is 5. The van der Waals surface area contributed by atoms with Crippen molar-refractivity contribution in [3.05, 3.63) is 65.0 Å². The zero-order chi connectivity index (χ0) is 18.7. The van der Waals surface area contributed by atoms with Gasteiger partial charge in [-0.1, -0.05) is 54.0 Å². The van der Waals surface area contributed by atoms with Gasteiger partial charge in [-0.05, 0) is 31.0 Å². The summed E-state index contributed by atoms with van der Waals surface area (Å²) in [7, 11) is -3.67. The Hall–Kier alpha value is -2.51. The largest absolute Gasteiger partial charge is 0.339 e. The molecule has 0 unspecified atom stereocenters. The van der Waals surface area contributed by atoms with Gasteiger partial charge in [-0.25, -0.2) is 13.1 Å². The standard InChI is InChI=1S/C19H21N3O3S/c1-4-18-21-19(22-25-18)16-9-8-14(3)17(11-16)26(23,24)20-12-15-7-5-6-13(2)10-15/h5-11,20H,4,12H2,1-3H3. The molecule has 0 bridgehead atoms. The molecule has 0 radical (unpaired) electrons. The SMILES string of the molecule is CCc1nc(-c2ccc(C)c(S(=O)(=O)NCc3cccc(C)c3)c2)no1. The third kappa shape index (κ3) is 4.00. The van der Waals surface area contributed by atoms with Crippen LogP contribution in [0.15, 0.2) is 51.9 Å². The number of aryl methyl sites for hydroxylation is 3. The van der Waals surface area contributed by atoms with Gasteiger partial charge < -0.3 is 4.52 Å². The van der Waals surface area contributed by atoms with Gasteiger partial charge >= 0.3 is 0 Å². The number of nitrogens with zero attached hydrogens (tertiary/aromatic N) is 2. The third-order valence-electron chi connectivity index (χ3n) is 4.06. The van der Waals surface area contributed by atoms with E-state index in [1.54, 1.807) is 25.1 Å². The summed E-state index contributed by atoms with van der Waals surface area (Å²) < 4.78 is 33.3. The van der Waals surface area contributed by atoms with E-state index in [1.165, 1.54) is 0 Å². The van der Waals surface area contributed by atoms with Crippen molar-refractivity contribution in [3.63, 3.8) is 0 Å². The van der Waals surface area contributed by atoms with Crippen molar-refractivity contribution >= 4 is 10.0 Å². The zero-order valence-corrected chi connectivity index (χ0v) is 15.8. The highest BCUT2D eigenvalue weighted by Crippen LogP contribution is 2.23. The molecule has 3 rings (SSSR count). The van der Waals surface area contributed by atoms with Gasteiger partial charge in [0.1, 0.15) is 0 Å². The van der Waals surface area contributed by atoms with Crippen LogP contribution < -0.4 is 4.72 Å². The predicted molar refractivity (Wildman–Crippen MR) is 99.1 cm³/mol. The first kappa shape index (κ1) is 18.3. The van der Waals surface area contributed by atoms with Gasteiger partial charge in [0.15, 0.2) is 0 Å². The molecule has 6 nitrogen and oxygen atoms in total. The molecule has 1 heterocycles. The zero-order valence-electron chi connectivity index (χ0n) is 15.0. The molecule has 0 fully saturated rings. The van der Waals surface area contributed by atoms with Crippen molar-refractivity contribution in [1.82, 2.24) is 14.9 Å². The number of benzene rings is 2. The van der Waals surface area contributed by atoms with Crippen molar-refractivity contribution in [1.29, 1.82) is 0 Å². The lowest BCUT2D eigenvalue weighted by molar-refractivity contribution is 0.383. The molecule has 0 amide bonds. The highest BCUT2D eigenvalue weighted by Gasteiger charge is 2.19. The Morgan fingerprint density at radius 3 is 2.62 bits per heavy atom. The Labute approximate surface area is 153 Å². The normalized spacial score (nSPS) is 11.7. The molecule has 0 saturated carbocycles. The number of rotatable bonds is 6. The maximum Gasteiger partial charge on any atom is 0.241 e. The van der Waals surface area contributed by atoms with E-state index in [-0.39, 0.29) is 11.4 Å². The molecule has 2 aromatic carbocycles. The number of nitrogens with one attached hydrogen (secondary N) is 1. The smallest absolute Gasteiger partial charge is 0.241 e. The molecule has 7 heteroatoms. The van der Waals surface area contributed by atoms with Gasteiger partial charge in [-0.15, -0.1) is 0 Å². The average molecular weight is 371 g/mol. The van der Waals surface area contributed by atoms with Crippen LogP contribution in [0.25, 0.3) is 11.4 Å². The first-order valence-electron chi connectivity index (χ1n) is 8.38. The summed E-state index contributed by atoms with van der Waals surface area (Å²) in [5.41, 5.74) is 3.26. The van der Waals surface area contributed by atoms with E-state index in [0.717, 1.165) is 11.1 Å². The Kier molecular flexibility index (Phi) is 5.20. The van der Waals surface area contributed by atoms with Crippen LogP contribution in [-0.2, 0) is 23.0 Å². The van der Waals surface area contributed by atoms with E-state index in [1.807, 2.05) is 38.1 Å². The Morgan fingerprint density at radius 1 is 1.12 bits per heavy atom. The molecule has 1 N–H and O–H groups in total. The van der Waals surface area contributed by atoms with Gasteiger partial charge in [-0.2, -0.15) is 4.98 Å². The molecule has 0 spiro atoms. The molecular formula is C19H21N3O3S. The van der Waals surface area contributed by atoms with Gasteiger partial charge in [0.05, 0.1) is 4.90 Å². The monoisotopic (exact) mass is 371 g/mol. The van der Waals surface area contributed by atoms with Crippen LogP contribution in [0.2, 0.25) is 0 Å². The minimum absolute atomic E-state index is 0.213. The second-order valence-corrected chi connectivity index (χ2v) is 7.89. The number of sulfonamides is 1. The molecule has 0 aliphatic heterocycles. The van der Waals surface area contributed by atoms with Crippen molar-refractivity contribution in [2.45, 2.75) is 38.6 Å². The minimum atomic E-state index is -3.67. The van der Waals surface area contributed by atoms with Crippen LogP contribution in [0, 0.1) is 13.8 Å². The van der Waals surface area contributed by atoms with Crippen molar-refractivity contribution in [2.75, 3.05) is 0 Å². The summed E-state index contributed by atoms with van der Waals surface area (Å²) >= 11 is 0. The lowest BCUT2D eigenvalue weighted by Crippen LogP contribution is -2.24. The third-order valence-corrected chi connectivity index (χ3v) is 5.60. The van der Waals surface area contributed by atoms with Crippen LogP contribution in [0.3, 0.4) is 0 Å². The first-order chi connectivity index (χ1) is 12.4. The van der Waals surface area contributed by atoms with Crippen molar-refractivity contribution in [2.24, 2.45) is 0 Å². The van der Waals surface area contributed by atoms with E-state index >= 15 is 0 Å². The lowest BCUT2D eigenvalue weighted by atomic mass is 10.1. The van der Waals surface area contributed by atoms with E-state index < -0.39 is 10.0 Å². The summed E-state index contributed by atoms with van der Waals surface area (Å²) in [4.78, 5) is 4.48. The number of aromatic nitrogens is 2. The van der Waals surface area contributed by atoms with E-state index in [4.69, 9.17) is 4.52 Å². The molecule has 0 aliphatic rings. The van der Waals surface area contributed by atoms with Gasteiger partial charge in [-0.3, -0.25) is 0 Å². The minimum Gasteiger partial charge on any atom is -0.339 e. The summed E-state index contributed by atoms with van der Waals surface area (Å²) in [5, 5.41) is 3.91. The van der Waals surface area contributed by atoms with E-state index in [0.29, 0.717) is 29.3 Å². The van der Waals surface area contributed by atoms with Gasteiger partial charge in [0.2, 0.25) is 21.7 Å². The second kappa shape index (κ2) is 7.39. The molecule has 3 aromatic rings. The lowest BCUT2D eigenvalue weighted by Gasteiger charge is -2.11. The topological polar surface area (TPSA) is 85.1 Å². The summed E-state index contributed by atoms with van der Waals surface area (Å²) in [5.74, 6) is 0.902. The maximum atomic E-state index is 12.8. The summed E-state index contributed by atoms with van der Waals surface area (Å²) in [6.07, 6.45) is 0.627. The Bertz CT molecular complexity index is 1030. The van der Waals surface area contributed by atoms with Crippen LogP contribution in [0.1, 0.15) is 29.5 Å². The highest BCUT2D eigenvalue weighted by atomic mass is 32.2. The van der Waals surface area contributed by atoms with Crippen LogP contribution >= 0.6 is 0 Å². The quantitative estimate of drug-likeness (QED) is 0.718. The maximum absolute atomic E-state index is 12.8. The summed E-state index contributed by atoms with van der Waals surface area (Å²) in [6, 6.07) is 12.9. The molecular weight excluding hydrogens is 350 g/mol. The molecule has 0 aliphatic carbocycles. The van der Waals surface area contributed by atoms with Crippen LogP contribution in [-0.4, -0.2) is 18.6 Å². The van der Waals surface area contributed by atoms with Crippen molar-refractivity contribution < 1.29 is 12.9 Å². The molecule has 1 aromatic heterocycles. The number of hydrogen-bond donors (Lipinski definition) is 1. The fourth-order valence-electron chi connectivity index (χ4n) is 2.62. The molecule has 136 valence electrons. The van der Waals surface area contributed by atoms with Crippen molar-refractivity contribution in [3.8, 4) is 11.4 Å². The summed E-state index contributed by atoms with van der Waals surface area (Å²) in [6.45, 7) is 5.88. The second-order valence-electron chi connectivity index (χ2n) is 6.16. The average Bonchev–Trinajstić information content (AvgIpc) is 3.10. The van der Waals surface area contributed by atoms with Gasteiger partial charge in [0.25, 0.3) is 0 Å². The van der Waals surface area contributed by atoms with Gasteiger partial charge in [0, 0.05) is 18.5 Å². The first-order valence-corrected chi connectivity index (χ1v) is 9.86.